The van der Waals surface area contributed by atoms with E-state index in [-0.39, 0.29) is 23.5 Å². The summed E-state index contributed by atoms with van der Waals surface area (Å²) in [5, 5.41) is 23.2. The molecule has 0 aliphatic carbocycles. The Bertz CT molecular complexity index is 446. The van der Waals surface area contributed by atoms with Gasteiger partial charge in [0.15, 0.2) is 5.75 Å². The molecule has 0 aliphatic rings. The predicted octanol–water partition coefficient (Wildman–Crippen LogP) is 2.42. The molecular formula is C13H20N2O4. The summed E-state index contributed by atoms with van der Waals surface area (Å²) in [6, 6.07) is 4.66. The molecule has 0 aromatic heterocycles. The molecule has 106 valence electrons. The SMILES string of the molecule is CCOc1cc(NCC(C)(C)CO)ccc1[N+](=O)[O-]. The lowest BCUT2D eigenvalue weighted by atomic mass is 9.95. The fraction of sp³-hybridized carbons (Fsp3) is 0.538. The van der Waals surface area contributed by atoms with Gasteiger partial charge < -0.3 is 15.2 Å². The third-order valence-electron chi connectivity index (χ3n) is 2.66. The van der Waals surface area contributed by atoms with E-state index in [0.29, 0.717) is 13.2 Å². The van der Waals surface area contributed by atoms with Gasteiger partial charge in [-0.25, -0.2) is 0 Å². The van der Waals surface area contributed by atoms with Gasteiger partial charge in [0.1, 0.15) is 0 Å². The van der Waals surface area contributed by atoms with Gasteiger partial charge in [0, 0.05) is 36.4 Å². The fourth-order valence-corrected chi connectivity index (χ4v) is 1.44. The Hall–Kier alpha value is -1.82. The minimum atomic E-state index is -0.466. The number of anilines is 1. The van der Waals surface area contributed by atoms with Gasteiger partial charge in [-0.2, -0.15) is 0 Å². The summed E-state index contributed by atoms with van der Waals surface area (Å²) in [4.78, 5) is 10.4. The Balaban J connectivity index is 2.86. The number of benzene rings is 1. The maximum absolute atomic E-state index is 10.8. The molecule has 1 rings (SSSR count). The maximum Gasteiger partial charge on any atom is 0.311 e. The van der Waals surface area contributed by atoms with Crippen LogP contribution in [-0.4, -0.2) is 29.8 Å². The average molecular weight is 268 g/mol. The molecule has 6 heteroatoms. The van der Waals surface area contributed by atoms with E-state index in [1.54, 1.807) is 19.1 Å². The molecule has 1 aromatic carbocycles. The number of nitrogens with one attached hydrogen (secondary N) is 1. The lowest BCUT2D eigenvalue weighted by Crippen LogP contribution is -2.26. The van der Waals surface area contributed by atoms with E-state index in [4.69, 9.17) is 4.74 Å². The molecule has 0 atom stereocenters. The third-order valence-corrected chi connectivity index (χ3v) is 2.66. The van der Waals surface area contributed by atoms with E-state index in [1.165, 1.54) is 6.07 Å². The number of aliphatic hydroxyl groups excluding tert-OH is 1. The van der Waals surface area contributed by atoms with Crippen molar-refractivity contribution in [2.45, 2.75) is 20.8 Å². The molecule has 0 fully saturated rings. The van der Waals surface area contributed by atoms with Gasteiger partial charge in [-0.3, -0.25) is 10.1 Å². The minimum Gasteiger partial charge on any atom is -0.487 e. The van der Waals surface area contributed by atoms with Crippen molar-refractivity contribution in [2.24, 2.45) is 5.41 Å². The molecule has 0 saturated carbocycles. The van der Waals surface area contributed by atoms with E-state index in [9.17, 15) is 15.2 Å². The normalized spacial score (nSPS) is 11.2. The number of rotatable bonds is 7. The summed E-state index contributed by atoms with van der Waals surface area (Å²) >= 11 is 0. The quantitative estimate of drug-likeness (QED) is 0.586. The number of hydrogen-bond acceptors (Lipinski definition) is 5. The number of hydrogen-bond donors (Lipinski definition) is 2. The summed E-state index contributed by atoms with van der Waals surface area (Å²) in [7, 11) is 0. The second-order valence-electron chi connectivity index (χ2n) is 5.05. The van der Waals surface area contributed by atoms with E-state index >= 15 is 0 Å². The molecule has 19 heavy (non-hydrogen) atoms. The first kappa shape index (κ1) is 15.2. The fourth-order valence-electron chi connectivity index (χ4n) is 1.44. The van der Waals surface area contributed by atoms with Crippen LogP contribution in [0.25, 0.3) is 0 Å². The molecule has 2 N–H and O–H groups in total. The molecule has 0 amide bonds. The van der Waals surface area contributed by atoms with Crippen LogP contribution in [0.15, 0.2) is 18.2 Å². The highest BCUT2D eigenvalue weighted by Crippen LogP contribution is 2.30. The van der Waals surface area contributed by atoms with Crippen LogP contribution in [0.3, 0.4) is 0 Å². The second-order valence-corrected chi connectivity index (χ2v) is 5.05. The highest BCUT2D eigenvalue weighted by atomic mass is 16.6. The monoisotopic (exact) mass is 268 g/mol. The Morgan fingerprint density at radius 2 is 2.16 bits per heavy atom. The molecule has 0 radical (unpaired) electrons. The number of nitrogens with zero attached hydrogens (tertiary/aromatic N) is 1. The molecule has 1 aromatic rings. The lowest BCUT2D eigenvalue weighted by Gasteiger charge is -2.22. The average Bonchev–Trinajstić information content (AvgIpc) is 2.37. The Morgan fingerprint density at radius 1 is 1.47 bits per heavy atom. The van der Waals surface area contributed by atoms with Crippen molar-refractivity contribution in [1.82, 2.24) is 0 Å². The highest BCUT2D eigenvalue weighted by Gasteiger charge is 2.18. The van der Waals surface area contributed by atoms with Crippen LogP contribution in [0, 0.1) is 15.5 Å². The zero-order valence-corrected chi connectivity index (χ0v) is 11.5. The van der Waals surface area contributed by atoms with Gasteiger partial charge in [0.2, 0.25) is 0 Å². The lowest BCUT2D eigenvalue weighted by molar-refractivity contribution is -0.385. The van der Waals surface area contributed by atoms with E-state index in [1.807, 2.05) is 13.8 Å². The number of ether oxygens (including phenoxy) is 1. The molecule has 0 saturated heterocycles. The third kappa shape index (κ3) is 4.40. The van der Waals surface area contributed by atoms with Crippen molar-refractivity contribution in [1.29, 1.82) is 0 Å². The van der Waals surface area contributed by atoms with Crippen LogP contribution in [0.1, 0.15) is 20.8 Å². The summed E-state index contributed by atoms with van der Waals surface area (Å²) in [6.45, 7) is 6.62. The van der Waals surface area contributed by atoms with Crippen LogP contribution in [0.2, 0.25) is 0 Å². The van der Waals surface area contributed by atoms with Crippen LogP contribution in [0.4, 0.5) is 11.4 Å². The Labute approximate surface area is 112 Å². The van der Waals surface area contributed by atoms with Crippen molar-refractivity contribution in [2.75, 3.05) is 25.1 Å². The highest BCUT2D eigenvalue weighted by molar-refractivity contribution is 5.58. The van der Waals surface area contributed by atoms with E-state index in [0.717, 1.165) is 5.69 Å². The summed E-state index contributed by atoms with van der Waals surface area (Å²) in [5.74, 6) is 0.249. The Morgan fingerprint density at radius 3 is 2.68 bits per heavy atom. The summed E-state index contributed by atoms with van der Waals surface area (Å²) < 4.78 is 5.27. The number of nitro groups is 1. The van der Waals surface area contributed by atoms with E-state index < -0.39 is 4.92 Å². The summed E-state index contributed by atoms with van der Waals surface area (Å²) in [6.07, 6.45) is 0. The first-order valence-corrected chi connectivity index (χ1v) is 6.15. The standard InChI is InChI=1S/C13H20N2O4/c1-4-19-12-7-10(5-6-11(12)15(17)18)14-8-13(2,3)9-16/h5-7,14,16H,4,8-9H2,1-3H3. The molecule has 0 aliphatic heterocycles. The van der Waals surface area contributed by atoms with Gasteiger partial charge in [0.25, 0.3) is 0 Å². The largest absolute Gasteiger partial charge is 0.487 e. The van der Waals surface area contributed by atoms with Gasteiger partial charge in [-0.05, 0) is 13.0 Å². The van der Waals surface area contributed by atoms with Crippen LogP contribution < -0.4 is 10.1 Å². The Kier molecular flexibility index (Phi) is 5.11. The van der Waals surface area contributed by atoms with Gasteiger partial charge >= 0.3 is 5.69 Å². The zero-order chi connectivity index (χ0) is 14.5. The molecular weight excluding hydrogens is 248 g/mol. The topological polar surface area (TPSA) is 84.6 Å². The predicted molar refractivity (Wildman–Crippen MR) is 73.6 cm³/mol. The minimum absolute atomic E-state index is 0.0474. The molecule has 0 unspecified atom stereocenters. The zero-order valence-electron chi connectivity index (χ0n) is 11.5. The first-order chi connectivity index (χ1) is 8.89. The van der Waals surface area contributed by atoms with Gasteiger partial charge in [-0.15, -0.1) is 0 Å². The van der Waals surface area contributed by atoms with Gasteiger partial charge in [0.05, 0.1) is 11.5 Å². The van der Waals surface area contributed by atoms with Crippen molar-refractivity contribution in [3.05, 3.63) is 28.3 Å². The summed E-state index contributed by atoms with van der Waals surface area (Å²) in [5.41, 5.74) is 0.428. The number of nitro benzene ring substituents is 1. The van der Waals surface area contributed by atoms with Crippen molar-refractivity contribution in [3.8, 4) is 5.75 Å². The van der Waals surface area contributed by atoms with Crippen molar-refractivity contribution >= 4 is 11.4 Å². The van der Waals surface area contributed by atoms with Crippen molar-refractivity contribution in [3.63, 3.8) is 0 Å². The van der Waals surface area contributed by atoms with Crippen LogP contribution >= 0.6 is 0 Å². The van der Waals surface area contributed by atoms with Crippen LogP contribution in [0.5, 0.6) is 5.75 Å². The molecule has 0 bridgehead atoms. The smallest absolute Gasteiger partial charge is 0.311 e. The van der Waals surface area contributed by atoms with E-state index in [2.05, 4.69) is 5.32 Å². The van der Waals surface area contributed by atoms with Gasteiger partial charge in [-0.1, -0.05) is 13.8 Å². The molecule has 6 nitrogen and oxygen atoms in total. The molecule has 0 heterocycles. The van der Waals surface area contributed by atoms with Crippen LogP contribution in [-0.2, 0) is 0 Å². The first-order valence-electron chi connectivity index (χ1n) is 6.15. The second kappa shape index (κ2) is 6.38. The van der Waals surface area contributed by atoms with Crippen molar-refractivity contribution < 1.29 is 14.8 Å². The number of aliphatic hydroxyl groups is 1. The molecule has 0 spiro atoms. The maximum atomic E-state index is 10.8.